The number of hydrogen-bond donors (Lipinski definition) is 1. The largest absolute Gasteiger partial charge is 0.312 e. The Hall–Kier alpha value is -1.12. The summed E-state index contributed by atoms with van der Waals surface area (Å²) < 4.78 is 0. The lowest BCUT2D eigenvalue weighted by molar-refractivity contribution is 0.276. The quantitative estimate of drug-likeness (QED) is 0.718. The molecule has 2 rings (SSSR count). The minimum absolute atomic E-state index is 0.737. The molecule has 0 aliphatic rings. The Morgan fingerprint density at radius 2 is 1.62 bits per heavy atom. The zero-order valence-corrected chi connectivity index (χ0v) is 14.4. The van der Waals surface area contributed by atoms with Crippen LogP contribution in [0, 0.1) is 17.8 Å². The van der Waals surface area contributed by atoms with Gasteiger partial charge in [0.05, 0.1) is 0 Å². The van der Waals surface area contributed by atoms with Crippen LogP contribution >= 0.6 is 11.3 Å². The van der Waals surface area contributed by atoms with Crippen LogP contribution in [0.15, 0.2) is 41.8 Å². The highest BCUT2D eigenvalue weighted by Gasteiger charge is 2.16. The zero-order chi connectivity index (χ0) is 15.2. The van der Waals surface area contributed by atoms with E-state index in [0.29, 0.717) is 0 Å². The smallest absolute Gasteiger partial charge is 0.0300 e. The van der Waals surface area contributed by atoms with Gasteiger partial charge in [-0.1, -0.05) is 58.0 Å². The monoisotopic (exact) mass is 301 g/mol. The van der Waals surface area contributed by atoms with E-state index in [4.69, 9.17) is 0 Å². The molecule has 114 valence electrons. The van der Waals surface area contributed by atoms with Crippen molar-refractivity contribution in [2.24, 2.45) is 17.8 Å². The van der Waals surface area contributed by atoms with Gasteiger partial charge in [0.25, 0.3) is 0 Å². The van der Waals surface area contributed by atoms with Crippen molar-refractivity contribution in [2.75, 3.05) is 6.54 Å². The van der Waals surface area contributed by atoms with E-state index in [0.717, 1.165) is 30.8 Å². The lowest BCUT2D eigenvalue weighted by atomic mass is 9.85. The van der Waals surface area contributed by atoms with Crippen molar-refractivity contribution in [3.8, 4) is 11.1 Å². The van der Waals surface area contributed by atoms with Gasteiger partial charge < -0.3 is 5.32 Å². The van der Waals surface area contributed by atoms with E-state index >= 15 is 0 Å². The molecule has 2 heteroatoms. The molecule has 1 heterocycles. The third-order valence-electron chi connectivity index (χ3n) is 4.15. The average Bonchev–Trinajstić information content (AvgIpc) is 2.92. The lowest BCUT2D eigenvalue weighted by Gasteiger charge is -2.25. The molecule has 1 nitrogen and oxygen atoms in total. The van der Waals surface area contributed by atoms with Crippen LogP contribution < -0.4 is 5.32 Å². The van der Waals surface area contributed by atoms with E-state index in [1.165, 1.54) is 16.0 Å². The number of rotatable bonds is 7. The van der Waals surface area contributed by atoms with Gasteiger partial charge in [-0.3, -0.25) is 0 Å². The van der Waals surface area contributed by atoms with E-state index in [9.17, 15) is 0 Å². The first-order valence-electron chi connectivity index (χ1n) is 7.91. The van der Waals surface area contributed by atoms with E-state index < -0.39 is 0 Å². The van der Waals surface area contributed by atoms with E-state index in [1.807, 2.05) is 11.3 Å². The molecule has 2 aromatic rings. The fourth-order valence-electron chi connectivity index (χ4n) is 2.86. The summed E-state index contributed by atoms with van der Waals surface area (Å²) in [6, 6.07) is 12.9. The van der Waals surface area contributed by atoms with Crippen molar-refractivity contribution >= 4 is 11.3 Å². The van der Waals surface area contributed by atoms with Gasteiger partial charge >= 0.3 is 0 Å². The molecule has 0 saturated carbocycles. The van der Waals surface area contributed by atoms with Gasteiger partial charge in [-0.15, -0.1) is 11.3 Å². The van der Waals surface area contributed by atoms with Crippen LogP contribution in [0.1, 0.15) is 32.6 Å². The molecule has 0 aliphatic carbocycles. The molecule has 0 atom stereocenters. The number of thiophene rings is 1. The summed E-state index contributed by atoms with van der Waals surface area (Å²) in [5.41, 5.74) is 2.64. The molecule has 1 aromatic carbocycles. The maximum atomic E-state index is 3.64. The predicted octanol–water partition coefficient (Wildman–Crippen LogP) is 5.43. The summed E-state index contributed by atoms with van der Waals surface area (Å²) in [5.74, 6) is 2.22. The lowest BCUT2D eigenvalue weighted by Crippen LogP contribution is -2.29. The Morgan fingerprint density at radius 1 is 0.952 bits per heavy atom. The molecule has 1 N–H and O–H groups in total. The molecule has 1 aromatic heterocycles. The molecule has 0 amide bonds. The molecular weight excluding hydrogens is 274 g/mol. The maximum Gasteiger partial charge on any atom is 0.0300 e. The zero-order valence-electron chi connectivity index (χ0n) is 13.6. The van der Waals surface area contributed by atoms with Crippen molar-refractivity contribution in [1.29, 1.82) is 0 Å². The van der Waals surface area contributed by atoms with Crippen LogP contribution in [-0.2, 0) is 6.54 Å². The van der Waals surface area contributed by atoms with Gasteiger partial charge in [0.1, 0.15) is 0 Å². The first-order valence-corrected chi connectivity index (χ1v) is 8.79. The molecule has 0 unspecified atom stereocenters. The van der Waals surface area contributed by atoms with Crippen LogP contribution in [0.5, 0.6) is 0 Å². The van der Waals surface area contributed by atoms with Gasteiger partial charge in [-0.05, 0) is 46.9 Å². The van der Waals surface area contributed by atoms with Gasteiger partial charge in [0.2, 0.25) is 0 Å². The second-order valence-corrected chi connectivity index (χ2v) is 7.45. The number of hydrogen-bond acceptors (Lipinski definition) is 2. The molecule has 0 radical (unpaired) electrons. The van der Waals surface area contributed by atoms with Crippen LogP contribution in [0.3, 0.4) is 0 Å². The summed E-state index contributed by atoms with van der Waals surface area (Å²) in [6.45, 7) is 11.4. The molecule has 0 saturated heterocycles. The van der Waals surface area contributed by atoms with Gasteiger partial charge in [0, 0.05) is 11.4 Å². The van der Waals surface area contributed by atoms with Crippen LogP contribution in [0.25, 0.3) is 11.1 Å². The highest BCUT2D eigenvalue weighted by atomic mass is 32.1. The Balaban J connectivity index is 1.89. The number of nitrogens with one attached hydrogen (secondary N) is 1. The van der Waals surface area contributed by atoms with Crippen molar-refractivity contribution in [3.63, 3.8) is 0 Å². The fourth-order valence-corrected chi connectivity index (χ4v) is 3.72. The Morgan fingerprint density at radius 3 is 2.24 bits per heavy atom. The Kier molecular flexibility index (Phi) is 6.01. The SMILES string of the molecule is CC(C)C(CNCc1cc(-c2ccccc2)cs1)C(C)C. The average molecular weight is 301 g/mol. The summed E-state index contributed by atoms with van der Waals surface area (Å²) in [5, 5.41) is 5.90. The molecule has 0 aliphatic heterocycles. The normalized spacial score (nSPS) is 11.8. The van der Waals surface area contributed by atoms with Crippen LogP contribution in [-0.4, -0.2) is 6.54 Å². The summed E-state index contributed by atoms with van der Waals surface area (Å²) in [7, 11) is 0. The minimum atomic E-state index is 0.737. The summed E-state index contributed by atoms with van der Waals surface area (Å²) >= 11 is 1.85. The predicted molar refractivity (Wildman–Crippen MR) is 94.6 cm³/mol. The highest BCUT2D eigenvalue weighted by Crippen LogP contribution is 2.25. The van der Waals surface area contributed by atoms with E-state index in [-0.39, 0.29) is 0 Å². The van der Waals surface area contributed by atoms with Crippen LogP contribution in [0.4, 0.5) is 0 Å². The molecule has 21 heavy (non-hydrogen) atoms. The summed E-state index contributed by atoms with van der Waals surface area (Å²) in [6.07, 6.45) is 0. The molecular formula is C19H27NS. The van der Waals surface area contributed by atoms with Crippen molar-refractivity contribution in [1.82, 2.24) is 5.32 Å². The maximum absolute atomic E-state index is 3.64. The molecule has 0 spiro atoms. The molecule has 0 fully saturated rings. The van der Waals surface area contributed by atoms with Crippen molar-refractivity contribution in [2.45, 2.75) is 34.2 Å². The first-order chi connectivity index (χ1) is 10.1. The van der Waals surface area contributed by atoms with Crippen LogP contribution in [0.2, 0.25) is 0 Å². The third kappa shape index (κ3) is 4.69. The Labute approximate surface area is 133 Å². The minimum Gasteiger partial charge on any atom is -0.312 e. The standard InChI is InChI=1S/C19H27NS/c1-14(2)19(15(3)4)12-20-11-18-10-17(13-21-18)16-8-6-5-7-9-16/h5-10,13-15,19-20H,11-12H2,1-4H3. The number of benzene rings is 1. The van der Waals surface area contributed by atoms with Gasteiger partial charge in [-0.25, -0.2) is 0 Å². The third-order valence-corrected chi connectivity index (χ3v) is 5.09. The second-order valence-electron chi connectivity index (χ2n) is 6.45. The fraction of sp³-hybridized carbons (Fsp3) is 0.474. The second kappa shape index (κ2) is 7.77. The summed E-state index contributed by atoms with van der Waals surface area (Å²) in [4.78, 5) is 1.42. The van der Waals surface area contributed by atoms with Crippen molar-refractivity contribution < 1.29 is 0 Å². The molecule has 0 bridgehead atoms. The topological polar surface area (TPSA) is 12.0 Å². The van der Waals surface area contributed by atoms with E-state index in [2.05, 4.69) is 74.8 Å². The highest BCUT2D eigenvalue weighted by molar-refractivity contribution is 7.10. The van der Waals surface area contributed by atoms with E-state index in [1.54, 1.807) is 0 Å². The van der Waals surface area contributed by atoms with Crippen molar-refractivity contribution in [3.05, 3.63) is 46.7 Å². The van der Waals surface area contributed by atoms with Gasteiger partial charge in [-0.2, -0.15) is 0 Å². The first kappa shape index (κ1) is 16.3. The Bertz CT molecular complexity index is 520. The van der Waals surface area contributed by atoms with Gasteiger partial charge in [0.15, 0.2) is 0 Å².